The molecule has 4 atom stereocenters. The van der Waals surface area contributed by atoms with Gasteiger partial charge >= 0.3 is 22.8 Å². The first-order chi connectivity index (χ1) is 17.1. The summed E-state index contributed by atoms with van der Waals surface area (Å²) in [6.07, 6.45) is 2.29. The van der Waals surface area contributed by atoms with Gasteiger partial charge in [0, 0.05) is 13.1 Å². The molecular formula is C25H45N3O6SSi2. The molecule has 0 unspecified atom stereocenters. The summed E-state index contributed by atoms with van der Waals surface area (Å²) in [6, 6.07) is 1.62. The summed E-state index contributed by atoms with van der Waals surface area (Å²) in [5.74, 6) is -0.0706. The Kier molecular flexibility index (Phi) is 9.26. The van der Waals surface area contributed by atoms with E-state index in [1.54, 1.807) is 24.0 Å². The number of carbonyl (C=O) groups excluding carboxylic acids is 1. The molecule has 210 valence electrons. The molecule has 3 heterocycles. The van der Waals surface area contributed by atoms with Crippen LogP contribution in [0.25, 0.3) is 0 Å². The number of amides is 1. The Labute approximate surface area is 227 Å². The number of thioether (sulfide) groups is 1. The second-order valence-corrected chi connectivity index (χ2v) is 21.7. The molecule has 1 aromatic rings. The Hall–Kier alpha value is -1.03. The van der Waals surface area contributed by atoms with Crippen LogP contribution in [-0.2, 0) is 22.5 Å². The molecule has 0 saturated carbocycles. The van der Waals surface area contributed by atoms with E-state index in [9.17, 15) is 9.59 Å². The Morgan fingerprint density at radius 1 is 1.11 bits per heavy atom. The standard InChI is InChI=1S/C25H45N3O6SSi2/c1-15(2)36(16(3)4)31-14-20-22(33-37(34-36,17(5)6)18(7)8)25(10,35-11)23(32-20)28-13-12-21(26-19(9)29)27-24(28)30/h12-13,15-18,20,22-23H,14H2,1-11H3,(H,26,27,29,30)/t20-,22-,23-,25-/m1/s1. The maximum atomic E-state index is 13.1. The molecule has 2 aliphatic rings. The van der Waals surface area contributed by atoms with Crippen molar-refractivity contribution in [2.45, 2.75) is 115 Å². The van der Waals surface area contributed by atoms with Gasteiger partial charge in [0.1, 0.15) is 11.9 Å². The van der Waals surface area contributed by atoms with Crippen LogP contribution >= 0.6 is 11.8 Å². The van der Waals surface area contributed by atoms with Crippen LogP contribution in [0.15, 0.2) is 17.1 Å². The number of carbonyl (C=O) groups is 1. The number of rotatable bonds is 7. The number of anilines is 1. The molecule has 1 N–H and O–H groups in total. The molecule has 2 saturated heterocycles. The van der Waals surface area contributed by atoms with Gasteiger partial charge in [0.05, 0.1) is 17.5 Å². The summed E-state index contributed by atoms with van der Waals surface area (Å²) in [7, 11) is -5.55. The molecule has 0 spiro atoms. The average molecular weight is 572 g/mol. The summed E-state index contributed by atoms with van der Waals surface area (Å²) >= 11 is 1.61. The van der Waals surface area contributed by atoms with E-state index >= 15 is 0 Å². The molecule has 12 heteroatoms. The monoisotopic (exact) mass is 571 g/mol. The fourth-order valence-electron chi connectivity index (χ4n) is 5.72. The molecule has 0 aromatic carbocycles. The Morgan fingerprint density at radius 2 is 1.68 bits per heavy atom. The molecule has 2 aliphatic heterocycles. The van der Waals surface area contributed by atoms with Gasteiger partial charge in [-0.25, -0.2) is 4.79 Å². The summed E-state index contributed by atoms with van der Waals surface area (Å²) in [6.45, 7) is 21.4. The molecule has 1 amide bonds. The maximum Gasteiger partial charge on any atom is 0.351 e. The Bertz CT molecular complexity index is 1020. The molecule has 0 bridgehead atoms. The third-order valence-electron chi connectivity index (χ3n) is 7.85. The van der Waals surface area contributed by atoms with E-state index in [0.29, 0.717) is 6.61 Å². The van der Waals surface area contributed by atoms with Crippen LogP contribution in [-0.4, -0.2) is 62.4 Å². The fraction of sp³-hybridized carbons (Fsp3) is 0.800. The lowest BCUT2D eigenvalue weighted by Crippen LogP contribution is -2.66. The van der Waals surface area contributed by atoms with Crippen LogP contribution in [0.2, 0.25) is 22.2 Å². The number of nitrogens with one attached hydrogen (secondary N) is 1. The summed E-state index contributed by atoms with van der Waals surface area (Å²) in [4.78, 5) is 28.6. The highest BCUT2D eigenvalue weighted by atomic mass is 32.2. The van der Waals surface area contributed by atoms with E-state index in [4.69, 9.17) is 17.7 Å². The van der Waals surface area contributed by atoms with Gasteiger partial charge < -0.3 is 23.0 Å². The summed E-state index contributed by atoms with van der Waals surface area (Å²) in [5.41, 5.74) is 0.340. The second kappa shape index (κ2) is 11.2. The highest BCUT2D eigenvalue weighted by molar-refractivity contribution is 8.00. The van der Waals surface area contributed by atoms with Crippen molar-refractivity contribution >= 4 is 40.6 Å². The maximum absolute atomic E-state index is 13.1. The van der Waals surface area contributed by atoms with Crippen LogP contribution in [0.1, 0.15) is 75.5 Å². The van der Waals surface area contributed by atoms with E-state index in [2.05, 4.69) is 72.6 Å². The van der Waals surface area contributed by atoms with Gasteiger partial charge in [-0.15, -0.1) is 0 Å². The second-order valence-electron chi connectivity index (χ2n) is 11.6. The van der Waals surface area contributed by atoms with Crippen molar-refractivity contribution < 1.29 is 22.5 Å². The van der Waals surface area contributed by atoms with E-state index in [0.717, 1.165) is 0 Å². The highest BCUT2D eigenvalue weighted by Gasteiger charge is 2.64. The third-order valence-corrected chi connectivity index (χ3v) is 19.4. The summed E-state index contributed by atoms with van der Waals surface area (Å²) < 4.78 is 29.0. The lowest BCUT2D eigenvalue weighted by atomic mass is 10.0. The first-order valence-corrected chi connectivity index (χ1v) is 18.4. The molecule has 3 rings (SSSR count). The van der Waals surface area contributed by atoms with Gasteiger partial charge in [-0.3, -0.25) is 9.36 Å². The van der Waals surface area contributed by atoms with Crippen molar-refractivity contribution in [1.82, 2.24) is 9.55 Å². The Morgan fingerprint density at radius 3 is 2.14 bits per heavy atom. The largest absolute Gasteiger partial charge is 0.414 e. The van der Waals surface area contributed by atoms with Crippen LogP contribution in [0.4, 0.5) is 5.82 Å². The topological polar surface area (TPSA) is 101 Å². The van der Waals surface area contributed by atoms with Gasteiger partial charge in [-0.1, -0.05) is 55.4 Å². The smallest absolute Gasteiger partial charge is 0.351 e. The minimum Gasteiger partial charge on any atom is -0.414 e. The molecule has 37 heavy (non-hydrogen) atoms. The first kappa shape index (κ1) is 30.5. The zero-order valence-electron chi connectivity index (χ0n) is 24.2. The van der Waals surface area contributed by atoms with Gasteiger partial charge in [0.2, 0.25) is 5.91 Å². The minimum atomic E-state index is -2.85. The molecule has 0 radical (unpaired) electrons. The molecular weight excluding hydrogens is 527 g/mol. The van der Waals surface area contributed by atoms with Gasteiger partial charge in [-0.05, 0) is 41.4 Å². The minimum absolute atomic E-state index is 0.186. The predicted molar refractivity (Wildman–Crippen MR) is 152 cm³/mol. The average Bonchev–Trinajstić information content (AvgIpc) is 3.04. The quantitative estimate of drug-likeness (QED) is 0.447. The lowest BCUT2D eigenvalue weighted by Gasteiger charge is -2.52. The number of aromatic nitrogens is 2. The zero-order valence-corrected chi connectivity index (χ0v) is 27.0. The van der Waals surface area contributed by atoms with Crippen molar-refractivity contribution in [3.8, 4) is 0 Å². The normalized spacial score (nSPS) is 29.4. The number of hydrogen-bond donors (Lipinski definition) is 1. The van der Waals surface area contributed by atoms with Crippen molar-refractivity contribution in [3.63, 3.8) is 0 Å². The van der Waals surface area contributed by atoms with Crippen molar-refractivity contribution in [2.75, 3.05) is 18.2 Å². The fourth-order valence-corrected chi connectivity index (χ4v) is 17.9. The van der Waals surface area contributed by atoms with Gasteiger partial charge in [0.15, 0.2) is 6.23 Å². The number of hydrogen-bond acceptors (Lipinski definition) is 8. The van der Waals surface area contributed by atoms with E-state index < -0.39 is 33.8 Å². The van der Waals surface area contributed by atoms with Crippen LogP contribution in [0.5, 0.6) is 0 Å². The first-order valence-electron chi connectivity index (χ1n) is 13.2. The van der Waals surface area contributed by atoms with Crippen LogP contribution in [0, 0.1) is 0 Å². The number of fused-ring (bicyclic) bond motifs is 1. The van der Waals surface area contributed by atoms with Crippen LogP contribution in [0.3, 0.4) is 0 Å². The molecule has 0 aliphatic carbocycles. The van der Waals surface area contributed by atoms with Crippen LogP contribution < -0.4 is 11.0 Å². The molecule has 9 nitrogen and oxygen atoms in total. The van der Waals surface area contributed by atoms with Gasteiger partial charge in [-0.2, -0.15) is 16.7 Å². The predicted octanol–water partition coefficient (Wildman–Crippen LogP) is 5.18. The number of nitrogens with zero attached hydrogens (tertiary/aromatic N) is 2. The van der Waals surface area contributed by atoms with Crippen molar-refractivity contribution in [1.29, 1.82) is 0 Å². The van der Waals surface area contributed by atoms with E-state index in [-0.39, 0.29) is 46.1 Å². The van der Waals surface area contributed by atoms with E-state index in [1.807, 2.05) is 6.26 Å². The SMILES string of the molecule is CS[C@]1(C)[C@@H]2O[Si](C(C)C)(C(C)C)O[Si](C(C)C)(C(C)C)OC[C@H]2O[C@H]1n1ccc(NC(C)=O)nc1=O. The third kappa shape index (κ3) is 5.39. The van der Waals surface area contributed by atoms with Crippen molar-refractivity contribution in [2.24, 2.45) is 0 Å². The zero-order chi connectivity index (χ0) is 27.9. The highest BCUT2D eigenvalue weighted by Crippen LogP contribution is 2.53. The Balaban J connectivity index is 2.13. The summed E-state index contributed by atoms with van der Waals surface area (Å²) in [5, 5.41) is 2.57. The van der Waals surface area contributed by atoms with Crippen molar-refractivity contribution in [3.05, 3.63) is 22.7 Å². The van der Waals surface area contributed by atoms with E-state index in [1.165, 1.54) is 11.5 Å². The molecule has 1 aromatic heterocycles. The molecule has 2 fully saturated rings. The number of ether oxygens (including phenoxy) is 1. The van der Waals surface area contributed by atoms with Gasteiger partial charge in [0.25, 0.3) is 0 Å². The lowest BCUT2D eigenvalue weighted by molar-refractivity contribution is -0.114.